The Balaban J connectivity index is 2.52. The molecular weight excluding hydrogens is 344 g/mol. The van der Waals surface area contributed by atoms with Crippen molar-refractivity contribution >= 4 is 39.5 Å². The monoisotopic (exact) mass is 358 g/mol. The summed E-state index contributed by atoms with van der Waals surface area (Å²) >= 11 is 8.35. The van der Waals surface area contributed by atoms with Crippen molar-refractivity contribution in [2.24, 2.45) is 5.10 Å². The molecular formula is C13H15ClN4O2S2. The molecule has 0 fully saturated rings. The first-order valence-electron chi connectivity index (χ1n) is 6.21. The van der Waals surface area contributed by atoms with E-state index in [0.717, 1.165) is 5.56 Å². The zero-order valence-corrected chi connectivity index (χ0v) is 14.3. The molecule has 0 saturated heterocycles. The van der Waals surface area contributed by atoms with Crippen LogP contribution in [0.15, 0.2) is 23.4 Å². The van der Waals surface area contributed by atoms with Crippen molar-refractivity contribution in [3.63, 3.8) is 0 Å². The van der Waals surface area contributed by atoms with Crippen LogP contribution in [0, 0.1) is 22.5 Å². The zero-order chi connectivity index (χ0) is 16.4. The topological polar surface area (TPSA) is 71.6 Å². The fourth-order valence-corrected chi connectivity index (χ4v) is 3.19. The van der Waals surface area contributed by atoms with Crippen LogP contribution >= 0.6 is 35.1 Å². The molecule has 0 unspecified atom stereocenters. The van der Waals surface area contributed by atoms with Crippen molar-refractivity contribution in [1.29, 1.82) is 0 Å². The lowest BCUT2D eigenvalue weighted by Crippen LogP contribution is -2.26. The van der Waals surface area contributed by atoms with E-state index >= 15 is 0 Å². The average Bonchev–Trinajstić information content (AvgIpc) is 2.48. The summed E-state index contributed by atoms with van der Waals surface area (Å²) in [5.74, 6) is 3.27. The Morgan fingerprint density at radius 3 is 2.95 bits per heavy atom. The second-order valence-electron chi connectivity index (χ2n) is 4.06. The fourth-order valence-electron chi connectivity index (χ4n) is 1.56. The van der Waals surface area contributed by atoms with Crippen LogP contribution < -0.4 is 0 Å². The van der Waals surface area contributed by atoms with Crippen LogP contribution in [0.3, 0.4) is 0 Å². The quantitative estimate of drug-likeness (QED) is 0.186. The number of aromatic nitrogens is 1. The highest BCUT2D eigenvalue weighted by Gasteiger charge is 2.09. The standard InChI is InChI=1S/C13H15ClN4O2S2/c1-3-6-17(10-11-4-5-12(14)15-9-11)7-8-22-13(21-2)16-18(19)20/h1,4-5,9H,6-8,10H2,2H3/b16-13+. The third-order valence-electron chi connectivity index (χ3n) is 2.48. The predicted octanol–water partition coefficient (Wildman–Crippen LogP) is 2.81. The summed E-state index contributed by atoms with van der Waals surface area (Å²) in [7, 11) is 0. The van der Waals surface area contributed by atoms with Crippen molar-refractivity contribution < 1.29 is 5.03 Å². The van der Waals surface area contributed by atoms with E-state index < -0.39 is 5.03 Å². The van der Waals surface area contributed by atoms with Gasteiger partial charge in [-0.1, -0.05) is 47.1 Å². The van der Waals surface area contributed by atoms with Gasteiger partial charge in [-0.15, -0.1) is 6.42 Å². The van der Waals surface area contributed by atoms with Crippen LogP contribution in [-0.2, 0) is 6.54 Å². The first kappa shape index (κ1) is 18.8. The van der Waals surface area contributed by atoms with Gasteiger partial charge < -0.3 is 0 Å². The number of nitrogens with zero attached hydrogens (tertiary/aromatic N) is 4. The molecule has 1 aromatic heterocycles. The van der Waals surface area contributed by atoms with Gasteiger partial charge in [0, 0.05) is 25.0 Å². The SMILES string of the molecule is C#CCN(CCS/C(=N/[N+](=O)[O-])SC)Cc1ccc(Cl)nc1. The molecule has 0 aromatic carbocycles. The molecule has 0 radical (unpaired) electrons. The molecule has 0 aliphatic rings. The normalized spacial score (nSPS) is 11.5. The lowest BCUT2D eigenvalue weighted by atomic mass is 10.2. The molecule has 22 heavy (non-hydrogen) atoms. The highest BCUT2D eigenvalue weighted by Crippen LogP contribution is 2.15. The van der Waals surface area contributed by atoms with Crippen molar-refractivity contribution in [2.75, 3.05) is 25.1 Å². The van der Waals surface area contributed by atoms with Gasteiger partial charge in [0.15, 0.2) is 5.03 Å². The number of nitro groups is 1. The molecule has 1 heterocycles. The van der Waals surface area contributed by atoms with E-state index in [0.29, 0.717) is 34.9 Å². The number of halogens is 1. The van der Waals surface area contributed by atoms with Gasteiger partial charge in [-0.3, -0.25) is 4.90 Å². The highest BCUT2D eigenvalue weighted by atomic mass is 35.5. The van der Waals surface area contributed by atoms with Gasteiger partial charge in [-0.05, 0) is 17.9 Å². The summed E-state index contributed by atoms with van der Waals surface area (Å²) in [5.41, 5.74) is 1.01. The summed E-state index contributed by atoms with van der Waals surface area (Å²) in [5, 5.41) is 13.5. The van der Waals surface area contributed by atoms with E-state index in [-0.39, 0.29) is 0 Å². The smallest absolute Gasteiger partial charge is 0.203 e. The maximum atomic E-state index is 10.4. The molecule has 0 amide bonds. The van der Waals surface area contributed by atoms with Crippen LogP contribution in [0.1, 0.15) is 5.56 Å². The molecule has 1 rings (SSSR count). The van der Waals surface area contributed by atoms with Gasteiger partial charge >= 0.3 is 0 Å². The third kappa shape index (κ3) is 7.66. The first-order valence-corrected chi connectivity index (χ1v) is 8.80. The Labute approximate surface area is 142 Å². The Bertz CT molecular complexity index is 560. The second-order valence-corrected chi connectivity index (χ2v) is 6.58. The van der Waals surface area contributed by atoms with Crippen LogP contribution in [0.4, 0.5) is 0 Å². The van der Waals surface area contributed by atoms with E-state index in [1.54, 1.807) is 18.5 Å². The van der Waals surface area contributed by atoms with Gasteiger partial charge in [0.25, 0.3) is 0 Å². The number of pyridine rings is 1. The Hall–Kier alpha value is -1.27. The maximum absolute atomic E-state index is 10.4. The summed E-state index contributed by atoms with van der Waals surface area (Å²) in [4.78, 5) is 16.5. The summed E-state index contributed by atoms with van der Waals surface area (Å²) in [6.45, 7) is 1.83. The van der Waals surface area contributed by atoms with E-state index in [4.69, 9.17) is 18.0 Å². The van der Waals surface area contributed by atoms with Gasteiger partial charge in [-0.25, -0.2) is 15.1 Å². The second kappa shape index (κ2) is 10.5. The Kier molecular flexibility index (Phi) is 8.92. The minimum atomic E-state index is -0.683. The molecule has 0 aliphatic carbocycles. The number of thioether (sulfide) groups is 2. The molecule has 0 spiro atoms. The van der Waals surface area contributed by atoms with Gasteiger partial charge in [0.2, 0.25) is 4.38 Å². The number of hydrogen-bond acceptors (Lipinski definition) is 6. The van der Waals surface area contributed by atoms with E-state index in [1.807, 2.05) is 6.07 Å². The molecule has 6 nitrogen and oxygen atoms in total. The Morgan fingerprint density at radius 2 is 2.41 bits per heavy atom. The molecule has 0 aliphatic heterocycles. The molecule has 0 N–H and O–H groups in total. The summed E-state index contributed by atoms with van der Waals surface area (Å²) < 4.78 is 0.429. The lowest BCUT2D eigenvalue weighted by Gasteiger charge is -2.19. The van der Waals surface area contributed by atoms with Gasteiger partial charge in [-0.2, -0.15) is 0 Å². The first-order chi connectivity index (χ1) is 10.5. The summed E-state index contributed by atoms with van der Waals surface area (Å²) in [6.07, 6.45) is 8.85. The van der Waals surface area contributed by atoms with Crippen LogP contribution in [0.25, 0.3) is 0 Å². The maximum Gasteiger partial charge on any atom is 0.203 e. The molecule has 1 aromatic rings. The number of rotatable bonds is 7. The van der Waals surface area contributed by atoms with Crippen molar-refractivity contribution in [3.8, 4) is 12.3 Å². The van der Waals surface area contributed by atoms with Crippen LogP contribution in [-0.4, -0.2) is 44.4 Å². The molecule has 0 bridgehead atoms. The molecule has 9 heteroatoms. The van der Waals surface area contributed by atoms with Crippen LogP contribution in [0.2, 0.25) is 5.15 Å². The van der Waals surface area contributed by atoms with E-state index in [9.17, 15) is 10.1 Å². The number of terminal acetylenes is 1. The fraction of sp³-hybridized carbons (Fsp3) is 0.385. The lowest BCUT2D eigenvalue weighted by molar-refractivity contribution is -0.484. The largest absolute Gasteiger partial charge is 0.287 e. The van der Waals surface area contributed by atoms with E-state index in [2.05, 4.69) is 20.9 Å². The highest BCUT2D eigenvalue weighted by molar-refractivity contribution is 8.38. The molecule has 0 atom stereocenters. The zero-order valence-electron chi connectivity index (χ0n) is 11.9. The average molecular weight is 359 g/mol. The van der Waals surface area contributed by atoms with Gasteiger partial charge in [0.05, 0.1) is 11.6 Å². The molecule has 0 saturated carbocycles. The minimum Gasteiger partial charge on any atom is -0.287 e. The van der Waals surface area contributed by atoms with E-state index in [1.165, 1.54) is 23.5 Å². The van der Waals surface area contributed by atoms with Crippen molar-refractivity contribution in [2.45, 2.75) is 6.54 Å². The predicted molar refractivity (Wildman–Crippen MR) is 93.8 cm³/mol. The van der Waals surface area contributed by atoms with Crippen molar-refractivity contribution in [1.82, 2.24) is 9.88 Å². The molecule has 118 valence electrons. The third-order valence-corrected chi connectivity index (χ3v) is 4.70. The summed E-state index contributed by atoms with van der Waals surface area (Å²) in [6, 6.07) is 3.63. The van der Waals surface area contributed by atoms with Crippen molar-refractivity contribution in [3.05, 3.63) is 39.2 Å². The van der Waals surface area contributed by atoms with Gasteiger partial charge in [0.1, 0.15) is 5.15 Å². The number of hydrazone groups is 1. The minimum absolute atomic E-state index is 0.429. The van der Waals surface area contributed by atoms with Crippen LogP contribution in [0.5, 0.6) is 0 Å². The number of hydrogen-bond donors (Lipinski definition) is 0. The Morgan fingerprint density at radius 1 is 1.64 bits per heavy atom.